The van der Waals surface area contributed by atoms with Crippen LogP contribution in [0.5, 0.6) is 0 Å². The average Bonchev–Trinajstić information content (AvgIpc) is 3.44. The van der Waals surface area contributed by atoms with Crippen molar-refractivity contribution >= 4 is 17.9 Å². The van der Waals surface area contributed by atoms with Crippen LogP contribution >= 0.6 is 0 Å². The Bertz CT molecular complexity index is 1570. The van der Waals surface area contributed by atoms with Gasteiger partial charge in [0.05, 0.1) is 0 Å². The minimum absolute atomic E-state index is 0.0894. The highest BCUT2D eigenvalue weighted by atomic mass is 16.6. The quantitative estimate of drug-likeness (QED) is 0.0261. The SMILES string of the molecule is CC/C=C\C/C=C\C/C=C\C/C=C\C/C=C\C/C=C\C/C=C\CCCCCCCC(=O)OCC(COC(=O)CCCCCCC/C=C\CCCCC)OC(=O)CCCCCCCCCCC/C=C\CCCCCCCCCC. The molecule has 0 spiro atoms. The van der Waals surface area contributed by atoms with Crippen molar-refractivity contribution in [3.63, 3.8) is 0 Å². The lowest BCUT2D eigenvalue weighted by atomic mass is 10.1. The van der Waals surface area contributed by atoms with Crippen molar-refractivity contribution in [2.75, 3.05) is 13.2 Å². The molecule has 0 aliphatic rings. The number of rotatable bonds is 59. The predicted octanol–water partition coefficient (Wildman–Crippen LogP) is 22.6. The van der Waals surface area contributed by atoms with Crippen LogP contribution < -0.4 is 0 Å². The lowest BCUT2D eigenvalue weighted by Crippen LogP contribution is -2.30. The topological polar surface area (TPSA) is 78.9 Å². The van der Waals surface area contributed by atoms with Gasteiger partial charge >= 0.3 is 17.9 Å². The van der Waals surface area contributed by atoms with Gasteiger partial charge in [-0.25, -0.2) is 0 Å². The molecule has 1 unspecified atom stereocenters. The van der Waals surface area contributed by atoms with Gasteiger partial charge in [0, 0.05) is 19.3 Å². The molecule has 1 atom stereocenters. The lowest BCUT2D eigenvalue weighted by molar-refractivity contribution is -0.167. The molecule has 0 saturated heterocycles. The van der Waals surface area contributed by atoms with Gasteiger partial charge in [0.1, 0.15) is 13.2 Å². The maximum atomic E-state index is 12.9. The van der Waals surface area contributed by atoms with Crippen LogP contribution in [0, 0.1) is 0 Å². The lowest BCUT2D eigenvalue weighted by Gasteiger charge is -2.18. The standard InChI is InChI=1S/C72H122O6/c1-4-7-10-13-16-19-22-25-27-29-31-33-34-35-36-37-38-40-41-43-45-47-50-53-56-59-62-65-71(74)77-68-69(67-76-70(73)64-61-58-55-52-49-24-21-18-15-12-9-6-3)78-72(75)66-63-60-57-54-51-48-46-44-42-39-32-30-28-26-23-20-17-14-11-8-5-2/h7,10,16,18-19,21,25,27,30-33,35-36,38,40,43,45,69H,4-6,8-9,11-15,17,20,22-24,26,28-29,34,37,39,41-42,44,46-68H2,1-3H3/b10-7-,19-16-,21-18-,27-25-,32-30-,33-31-,36-35-,40-38-,45-43-. The summed E-state index contributed by atoms with van der Waals surface area (Å²) in [5.41, 5.74) is 0. The minimum atomic E-state index is -0.793. The summed E-state index contributed by atoms with van der Waals surface area (Å²) in [5.74, 6) is -0.912. The molecule has 0 heterocycles. The number of hydrogen-bond donors (Lipinski definition) is 0. The molecular formula is C72H122O6. The summed E-state index contributed by atoms with van der Waals surface area (Å²) in [6.07, 6.45) is 89.5. The highest BCUT2D eigenvalue weighted by Crippen LogP contribution is 2.16. The zero-order chi connectivity index (χ0) is 56.4. The van der Waals surface area contributed by atoms with E-state index in [4.69, 9.17) is 14.2 Å². The summed E-state index contributed by atoms with van der Waals surface area (Å²) in [6.45, 7) is 6.50. The van der Waals surface area contributed by atoms with Crippen LogP contribution in [0.25, 0.3) is 0 Å². The second-order valence-electron chi connectivity index (χ2n) is 21.6. The van der Waals surface area contributed by atoms with E-state index in [1.807, 2.05) is 0 Å². The van der Waals surface area contributed by atoms with Gasteiger partial charge in [0.25, 0.3) is 0 Å². The van der Waals surface area contributed by atoms with Gasteiger partial charge in [0.15, 0.2) is 6.10 Å². The molecule has 78 heavy (non-hydrogen) atoms. The molecule has 0 radical (unpaired) electrons. The first-order valence-corrected chi connectivity index (χ1v) is 32.9. The van der Waals surface area contributed by atoms with E-state index in [1.54, 1.807) is 0 Å². The highest BCUT2D eigenvalue weighted by molar-refractivity contribution is 5.71. The van der Waals surface area contributed by atoms with Gasteiger partial charge in [-0.3, -0.25) is 14.4 Å². The van der Waals surface area contributed by atoms with Crippen LogP contribution in [0.15, 0.2) is 109 Å². The number of unbranched alkanes of at least 4 members (excludes halogenated alkanes) is 30. The average molecular weight is 1080 g/mol. The zero-order valence-electron chi connectivity index (χ0n) is 51.2. The molecule has 0 N–H and O–H groups in total. The number of esters is 3. The van der Waals surface area contributed by atoms with Gasteiger partial charge in [-0.1, -0.05) is 271 Å². The van der Waals surface area contributed by atoms with E-state index in [0.717, 1.165) is 128 Å². The molecule has 0 saturated carbocycles. The Labute approximate surface area is 482 Å². The Morgan fingerprint density at radius 3 is 0.821 bits per heavy atom. The maximum absolute atomic E-state index is 12.9. The molecule has 0 fully saturated rings. The summed E-state index contributed by atoms with van der Waals surface area (Å²) >= 11 is 0. The first-order valence-electron chi connectivity index (χ1n) is 32.9. The van der Waals surface area contributed by atoms with E-state index in [-0.39, 0.29) is 31.1 Å². The van der Waals surface area contributed by atoms with Crippen LogP contribution in [0.3, 0.4) is 0 Å². The summed E-state index contributed by atoms with van der Waals surface area (Å²) in [5, 5.41) is 0. The summed E-state index contributed by atoms with van der Waals surface area (Å²) in [7, 11) is 0. The summed E-state index contributed by atoms with van der Waals surface area (Å²) in [4.78, 5) is 38.3. The van der Waals surface area contributed by atoms with Gasteiger partial charge in [-0.15, -0.1) is 0 Å². The predicted molar refractivity (Wildman–Crippen MR) is 339 cm³/mol. The third-order valence-electron chi connectivity index (χ3n) is 14.0. The molecule has 6 nitrogen and oxygen atoms in total. The van der Waals surface area contributed by atoms with E-state index in [9.17, 15) is 14.4 Å². The van der Waals surface area contributed by atoms with Crippen molar-refractivity contribution in [3.8, 4) is 0 Å². The Hall–Kier alpha value is -3.93. The molecule has 6 heteroatoms. The van der Waals surface area contributed by atoms with Crippen molar-refractivity contribution in [2.45, 2.75) is 316 Å². The smallest absolute Gasteiger partial charge is 0.306 e. The highest BCUT2D eigenvalue weighted by Gasteiger charge is 2.19. The van der Waals surface area contributed by atoms with Crippen LogP contribution in [-0.4, -0.2) is 37.2 Å². The molecule has 0 amide bonds. The maximum Gasteiger partial charge on any atom is 0.306 e. The molecule has 0 rings (SSSR count). The van der Waals surface area contributed by atoms with E-state index in [0.29, 0.717) is 19.3 Å². The van der Waals surface area contributed by atoms with Crippen molar-refractivity contribution in [2.24, 2.45) is 0 Å². The molecule has 0 aliphatic heterocycles. The number of ether oxygens (including phenoxy) is 3. The summed E-state index contributed by atoms with van der Waals surface area (Å²) < 4.78 is 16.9. The van der Waals surface area contributed by atoms with Crippen LogP contribution in [0.1, 0.15) is 310 Å². The van der Waals surface area contributed by atoms with Crippen LogP contribution in [0.2, 0.25) is 0 Å². The fraction of sp³-hybridized carbons (Fsp3) is 0.708. The van der Waals surface area contributed by atoms with Crippen molar-refractivity contribution in [1.82, 2.24) is 0 Å². The second-order valence-corrected chi connectivity index (χ2v) is 21.6. The van der Waals surface area contributed by atoms with E-state index < -0.39 is 6.10 Å². The Morgan fingerprint density at radius 1 is 0.269 bits per heavy atom. The van der Waals surface area contributed by atoms with Gasteiger partial charge in [-0.05, 0) is 128 Å². The van der Waals surface area contributed by atoms with Crippen molar-refractivity contribution in [3.05, 3.63) is 109 Å². The van der Waals surface area contributed by atoms with E-state index in [1.165, 1.54) is 141 Å². The Morgan fingerprint density at radius 2 is 0.500 bits per heavy atom. The first kappa shape index (κ1) is 74.1. The first-order chi connectivity index (χ1) is 38.5. The fourth-order valence-electron chi connectivity index (χ4n) is 9.06. The van der Waals surface area contributed by atoms with E-state index in [2.05, 4.69) is 130 Å². The van der Waals surface area contributed by atoms with Gasteiger partial charge in [0.2, 0.25) is 0 Å². The minimum Gasteiger partial charge on any atom is -0.462 e. The molecule has 0 aliphatic carbocycles. The third-order valence-corrected chi connectivity index (χ3v) is 14.0. The monoisotopic (exact) mass is 1080 g/mol. The largest absolute Gasteiger partial charge is 0.462 e. The molecule has 0 aromatic rings. The number of allylic oxidation sites excluding steroid dienone is 18. The summed E-state index contributed by atoms with van der Waals surface area (Å²) in [6, 6.07) is 0. The van der Waals surface area contributed by atoms with E-state index >= 15 is 0 Å². The number of carbonyl (C=O) groups is 3. The van der Waals surface area contributed by atoms with Crippen molar-refractivity contribution in [1.29, 1.82) is 0 Å². The number of hydrogen-bond acceptors (Lipinski definition) is 6. The van der Waals surface area contributed by atoms with Gasteiger partial charge in [-0.2, -0.15) is 0 Å². The molecule has 446 valence electrons. The normalized spacial score (nSPS) is 12.8. The molecule has 0 bridgehead atoms. The van der Waals surface area contributed by atoms with Crippen LogP contribution in [-0.2, 0) is 28.6 Å². The Kier molecular flexibility index (Phi) is 62.3. The molecular weight excluding hydrogens is 961 g/mol. The second kappa shape index (κ2) is 65.6. The fourth-order valence-corrected chi connectivity index (χ4v) is 9.06. The third kappa shape index (κ3) is 62.9. The molecule has 0 aromatic carbocycles. The zero-order valence-corrected chi connectivity index (χ0v) is 51.2. The van der Waals surface area contributed by atoms with Crippen molar-refractivity contribution < 1.29 is 28.6 Å². The van der Waals surface area contributed by atoms with Gasteiger partial charge < -0.3 is 14.2 Å². The van der Waals surface area contributed by atoms with Crippen LogP contribution in [0.4, 0.5) is 0 Å². The number of carbonyl (C=O) groups excluding carboxylic acids is 3. The Balaban J connectivity index is 4.36. The molecule has 0 aromatic heterocycles.